The van der Waals surface area contributed by atoms with Gasteiger partial charge in [0, 0.05) is 7.05 Å². The van der Waals surface area contributed by atoms with E-state index in [1.807, 2.05) is 19.1 Å². The first-order valence-electron chi connectivity index (χ1n) is 6.62. The molecule has 0 radical (unpaired) electrons. The highest BCUT2D eigenvalue weighted by Gasteiger charge is 2.13. The molecule has 3 rings (SSSR count). The Kier molecular flexibility index (Phi) is 3.80. The van der Waals surface area contributed by atoms with Crippen LogP contribution in [0, 0.1) is 0 Å². The van der Waals surface area contributed by atoms with Gasteiger partial charge in [0.15, 0.2) is 5.65 Å². The molecule has 3 aromatic rings. The fourth-order valence-corrected chi connectivity index (χ4v) is 2.47. The summed E-state index contributed by atoms with van der Waals surface area (Å²) in [6, 6.07) is 5.42. The molecule has 1 atom stereocenters. The van der Waals surface area contributed by atoms with E-state index < -0.39 is 0 Å². The van der Waals surface area contributed by atoms with Gasteiger partial charge in [0.25, 0.3) is 0 Å². The second-order valence-corrected chi connectivity index (χ2v) is 5.79. The molecular formula is C14H14Cl2N6. The van der Waals surface area contributed by atoms with E-state index in [1.165, 1.54) is 0 Å². The molecule has 0 amide bonds. The maximum atomic E-state index is 6.05. The highest BCUT2D eigenvalue weighted by atomic mass is 35.5. The number of aromatic nitrogens is 4. The predicted molar refractivity (Wildman–Crippen MR) is 89.2 cm³/mol. The van der Waals surface area contributed by atoms with Crippen LogP contribution in [0.2, 0.25) is 10.0 Å². The van der Waals surface area contributed by atoms with Gasteiger partial charge >= 0.3 is 0 Å². The zero-order valence-electron chi connectivity index (χ0n) is 12.0. The molecule has 8 heteroatoms. The fourth-order valence-electron chi connectivity index (χ4n) is 2.17. The van der Waals surface area contributed by atoms with E-state index in [4.69, 9.17) is 28.9 Å². The van der Waals surface area contributed by atoms with Crippen molar-refractivity contribution >= 4 is 46.0 Å². The van der Waals surface area contributed by atoms with Gasteiger partial charge in [-0.3, -0.25) is 4.68 Å². The van der Waals surface area contributed by atoms with Crippen LogP contribution in [0.3, 0.4) is 0 Å². The van der Waals surface area contributed by atoms with Gasteiger partial charge < -0.3 is 11.1 Å². The van der Waals surface area contributed by atoms with E-state index in [0.717, 1.165) is 10.9 Å². The third-order valence-corrected chi connectivity index (χ3v) is 4.15. The van der Waals surface area contributed by atoms with Crippen LogP contribution in [-0.2, 0) is 7.05 Å². The van der Waals surface area contributed by atoms with Crippen LogP contribution in [0.4, 0.5) is 11.8 Å². The van der Waals surface area contributed by atoms with Crippen molar-refractivity contribution in [3.05, 3.63) is 40.0 Å². The van der Waals surface area contributed by atoms with Crippen LogP contribution in [0.1, 0.15) is 18.5 Å². The number of nitrogens with zero attached hydrogens (tertiary/aromatic N) is 4. The molecule has 0 bridgehead atoms. The third-order valence-electron chi connectivity index (χ3n) is 3.41. The summed E-state index contributed by atoms with van der Waals surface area (Å²) in [5.41, 5.74) is 7.60. The first kappa shape index (κ1) is 14.9. The van der Waals surface area contributed by atoms with E-state index in [1.54, 1.807) is 24.0 Å². The third kappa shape index (κ3) is 2.67. The van der Waals surface area contributed by atoms with Gasteiger partial charge in [0.05, 0.1) is 27.7 Å². The Labute approximate surface area is 137 Å². The SMILES string of the molecule is CC(Nc1nc(N)c2cnn(C)c2n1)c1ccc(Cl)c(Cl)c1. The van der Waals surface area contributed by atoms with Crippen molar-refractivity contribution in [1.82, 2.24) is 19.7 Å². The van der Waals surface area contributed by atoms with Gasteiger partial charge in [-0.1, -0.05) is 29.3 Å². The average Bonchev–Trinajstić information content (AvgIpc) is 2.84. The quantitative estimate of drug-likeness (QED) is 0.765. The number of rotatable bonds is 3. The lowest BCUT2D eigenvalue weighted by molar-refractivity contribution is 0.783. The minimum atomic E-state index is -0.0557. The first-order valence-corrected chi connectivity index (χ1v) is 7.38. The molecule has 1 aromatic carbocycles. The van der Waals surface area contributed by atoms with Gasteiger partial charge in [-0.05, 0) is 24.6 Å². The largest absolute Gasteiger partial charge is 0.383 e. The topological polar surface area (TPSA) is 81.6 Å². The molecule has 114 valence electrons. The van der Waals surface area contributed by atoms with Crippen molar-refractivity contribution in [2.75, 3.05) is 11.1 Å². The van der Waals surface area contributed by atoms with Gasteiger partial charge in [0.1, 0.15) is 5.82 Å². The Morgan fingerprint density at radius 2 is 2.00 bits per heavy atom. The summed E-state index contributed by atoms with van der Waals surface area (Å²) in [6.45, 7) is 1.98. The van der Waals surface area contributed by atoms with Crippen molar-refractivity contribution in [2.45, 2.75) is 13.0 Å². The van der Waals surface area contributed by atoms with Crippen molar-refractivity contribution in [1.29, 1.82) is 0 Å². The average molecular weight is 337 g/mol. The number of anilines is 2. The number of aryl methyl sites for hydroxylation is 1. The lowest BCUT2D eigenvalue weighted by atomic mass is 10.1. The van der Waals surface area contributed by atoms with E-state index >= 15 is 0 Å². The van der Waals surface area contributed by atoms with Gasteiger partial charge in [0.2, 0.25) is 5.95 Å². The number of nitrogens with one attached hydrogen (secondary N) is 1. The molecule has 2 aromatic heterocycles. The smallest absolute Gasteiger partial charge is 0.227 e. The molecule has 0 saturated heterocycles. The van der Waals surface area contributed by atoms with Crippen LogP contribution in [0.5, 0.6) is 0 Å². The summed E-state index contributed by atoms with van der Waals surface area (Å²) < 4.78 is 1.66. The maximum Gasteiger partial charge on any atom is 0.227 e. The molecule has 3 N–H and O–H groups in total. The van der Waals surface area contributed by atoms with Crippen LogP contribution >= 0.6 is 23.2 Å². The molecule has 22 heavy (non-hydrogen) atoms. The first-order chi connectivity index (χ1) is 10.5. The Bertz CT molecular complexity index is 845. The lowest BCUT2D eigenvalue weighted by Gasteiger charge is -2.15. The number of fused-ring (bicyclic) bond motifs is 1. The van der Waals surface area contributed by atoms with Gasteiger partial charge in [-0.15, -0.1) is 0 Å². The molecular weight excluding hydrogens is 323 g/mol. The molecule has 0 aliphatic carbocycles. The second-order valence-electron chi connectivity index (χ2n) is 4.98. The lowest BCUT2D eigenvalue weighted by Crippen LogP contribution is -2.11. The number of nitrogen functional groups attached to an aromatic ring is 1. The van der Waals surface area contributed by atoms with Crippen LogP contribution in [0.25, 0.3) is 11.0 Å². The molecule has 2 heterocycles. The Balaban J connectivity index is 1.91. The zero-order chi connectivity index (χ0) is 15.9. The summed E-state index contributed by atoms with van der Waals surface area (Å²) in [7, 11) is 1.81. The van der Waals surface area contributed by atoms with Crippen molar-refractivity contribution < 1.29 is 0 Å². The molecule has 0 spiro atoms. The van der Waals surface area contributed by atoms with Crippen LogP contribution in [-0.4, -0.2) is 19.7 Å². The number of halogens is 2. The summed E-state index contributed by atoms with van der Waals surface area (Å²) in [5.74, 6) is 0.828. The number of hydrogen-bond donors (Lipinski definition) is 2. The van der Waals surface area contributed by atoms with Crippen molar-refractivity contribution in [3.63, 3.8) is 0 Å². The summed E-state index contributed by atoms with van der Waals surface area (Å²) in [5, 5.41) is 9.10. The zero-order valence-corrected chi connectivity index (χ0v) is 13.5. The Morgan fingerprint density at radius 3 is 2.73 bits per heavy atom. The predicted octanol–water partition coefficient (Wildman–Crippen LogP) is 3.43. The molecule has 0 aliphatic rings. The van der Waals surface area contributed by atoms with E-state index in [0.29, 0.717) is 27.5 Å². The van der Waals surface area contributed by atoms with Crippen molar-refractivity contribution in [3.8, 4) is 0 Å². The maximum absolute atomic E-state index is 6.05. The summed E-state index contributed by atoms with van der Waals surface area (Å²) in [6.07, 6.45) is 1.65. The van der Waals surface area contributed by atoms with E-state index in [9.17, 15) is 0 Å². The van der Waals surface area contributed by atoms with Crippen LogP contribution in [0.15, 0.2) is 24.4 Å². The fraction of sp³-hybridized carbons (Fsp3) is 0.214. The Morgan fingerprint density at radius 1 is 1.23 bits per heavy atom. The molecule has 0 aliphatic heterocycles. The Hall–Kier alpha value is -2.05. The molecule has 0 fully saturated rings. The molecule has 6 nitrogen and oxygen atoms in total. The monoisotopic (exact) mass is 336 g/mol. The summed E-state index contributed by atoms with van der Waals surface area (Å²) >= 11 is 12.0. The normalized spacial score (nSPS) is 12.5. The number of nitrogens with two attached hydrogens (primary N) is 1. The minimum absolute atomic E-state index is 0.0557. The van der Waals surface area contributed by atoms with Gasteiger partial charge in [-0.25, -0.2) is 0 Å². The van der Waals surface area contributed by atoms with Crippen molar-refractivity contribution in [2.24, 2.45) is 7.05 Å². The molecule has 0 saturated carbocycles. The summed E-state index contributed by atoms with van der Waals surface area (Å²) in [4.78, 5) is 8.70. The highest BCUT2D eigenvalue weighted by Crippen LogP contribution is 2.27. The van der Waals surface area contributed by atoms with E-state index in [2.05, 4.69) is 20.4 Å². The standard InChI is InChI=1S/C14H14Cl2N6/c1-7(8-3-4-10(15)11(16)5-8)19-14-20-12(17)9-6-18-22(2)13(9)21-14/h3-7H,1-2H3,(H3,17,19,20,21). The number of benzene rings is 1. The van der Waals surface area contributed by atoms with E-state index in [-0.39, 0.29) is 6.04 Å². The highest BCUT2D eigenvalue weighted by molar-refractivity contribution is 6.42. The second kappa shape index (κ2) is 5.62. The number of hydrogen-bond acceptors (Lipinski definition) is 5. The van der Waals surface area contributed by atoms with Gasteiger partial charge in [-0.2, -0.15) is 15.1 Å². The van der Waals surface area contributed by atoms with Crippen LogP contribution < -0.4 is 11.1 Å². The minimum Gasteiger partial charge on any atom is -0.383 e. The molecule has 1 unspecified atom stereocenters.